The molecule has 0 unspecified atom stereocenters. The number of carbonyl (C=O) groups excluding carboxylic acids is 4. The van der Waals surface area contributed by atoms with Crippen LogP contribution in [0.5, 0.6) is 0 Å². The molecule has 3 aromatic carbocycles. The maximum atomic E-state index is 14.5. The van der Waals surface area contributed by atoms with Crippen LogP contribution in [0.1, 0.15) is 347 Å². The van der Waals surface area contributed by atoms with Crippen molar-refractivity contribution in [1.82, 2.24) is 45.0 Å². The van der Waals surface area contributed by atoms with Crippen LogP contribution in [0.2, 0.25) is 0 Å². The van der Waals surface area contributed by atoms with Gasteiger partial charge in [-0.1, -0.05) is 89.2 Å². The molecule has 3 heterocycles. The predicted octanol–water partition coefficient (Wildman–Crippen LogP) is 24.6. The summed E-state index contributed by atoms with van der Waals surface area (Å²) in [5, 5.41) is 67.8. The number of hydrogen-bond donors (Lipinski definition) is 4. The Kier molecular flexibility index (Phi) is 26.8. The fourth-order valence-corrected chi connectivity index (χ4v) is 38.4. The highest BCUT2D eigenvalue weighted by molar-refractivity contribution is 9.09. The number of aromatic nitrogens is 9. The lowest BCUT2D eigenvalue weighted by Crippen LogP contribution is -2.56. The first-order valence-corrected chi connectivity index (χ1v) is 54.3. The van der Waals surface area contributed by atoms with Crippen LogP contribution in [0.25, 0.3) is 33.1 Å². The van der Waals surface area contributed by atoms with E-state index in [4.69, 9.17) is 0 Å². The number of carbonyl (C=O) groups is 4. The number of ketones is 4. The predicted molar refractivity (Wildman–Crippen MR) is 515 cm³/mol. The topological polar surface area (TPSA) is 241 Å². The van der Waals surface area contributed by atoms with Crippen LogP contribution in [-0.4, -0.2) is 116 Å². The van der Waals surface area contributed by atoms with E-state index >= 15 is 0 Å². The van der Waals surface area contributed by atoms with Gasteiger partial charge in [-0.15, -0.1) is 15.3 Å². The van der Waals surface area contributed by atoms with Crippen LogP contribution in [0.4, 0.5) is 26.3 Å². The highest BCUT2D eigenvalue weighted by Crippen LogP contribution is 2.75. The summed E-state index contributed by atoms with van der Waals surface area (Å²) < 4.78 is 86.5. The van der Waals surface area contributed by atoms with Crippen LogP contribution in [-0.2, 0) is 38.8 Å². The number of alkyl halides is 1. The zero-order chi connectivity index (χ0) is 95.1. The van der Waals surface area contributed by atoms with Gasteiger partial charge in [0.2, 0.25) is 0 Å². The SMILES string of the molecule is C.CC[C@]12CC[C@@](C)(O)C[C@@H]1CC[C@H]1[C@@H]3CC[C@H](C(=O)CBr)[C@@]3(C)CC[C@@H]12.CC[C@]12CC[C@@](C)(O)C[C@@H]1CC[C@H]1[C@@H]3CC[C@H](C(=O)Cn4nc5ccc(F)c(F)c5n4)[C@@]3(C)CC[C@@H]12.CC[C@]12CC[C@@](C)(O)C[C@@H]1CC[C@H]1[C@@H]3CC[C@H](C(=O)Cn4nnc5c(F)c(F)ccc54)[C@@]3(C)CC[C@@H]12.CC[C@]12CC[C@@](C)(O)C[C@@H]1CC[C@H]1[C@@H]3CC[C@H](C(=O)Cn4nnc5ccc(F)c(F)c54)[C@@]3(C)CC[C@@H]12. The molecule has 24 heteroatoms. The van der Waals surface area contributed by atoms with Crippen LogP contribution >= 0.6 is 15.9 Å². The first kappa shape index (κ1) is 99.6. The third-order valence-electron chi connectivity index (χ3n) is 44.5. The van der Waals surface area contributed by atoms with E-state index in [1.165, 1.54) is 148 Å². The van der Waals surface area contributed by atoms with Gasteiger partial charge in [0.1, 0.15) is 42.0 Å². The Bertz CT molecular complexity index is 5420. The van der Waals surface area contributed by atoms with Crippen molar-refractivity contribution in [3.05, 3.63) is 71.3 Å². The minimum absolute atomic E-state index is 0. The maximum Gasteiger partial charge on any atom is 0.188 e. The number of benzene rings is 3. The monoisotopic (exact) mass is 1940 g/mol. The first-order valence-electron chi connectivity index (χ1n) is 53.1. The van der Waals surface area contributed by atoms with E-state index < -0.39 is 57.3 Å². The summed E-state index contributed by atoms with van der Waals surface area (Å²) in [5.41, 5.74) is 0.236. The van der Waals surface area contributed by atoms with Crippen LogP contribution in [0.15, 0.2) is 36.4 Å². The van der Waals surface area contributed by atoms with Crippen LogP contribution < -0.4 is 0 Å². The molecule has 4 N–H and O–H groups in total. The van der Waals surface area contributed by atoms with Gasteiger partial charge in [0, 0.05) is 23.7 Å². The fraction of sp³-hybridized carbons (Fsp3) is 0.802. The number of rotatable bonds is 15. The standard InChI is InChI=1S/3C29H39F2N3O2.C23H37BrO2.CH4/c1-4-29-14-13-27(2,36)15-17(29)5-6-18-19-7-8-21(28(19,3)12-11-20(18)29)24(35)16-34-23-10-9-22(30)25(31)26(23)32-33-34;1-4-29-14-13-27(2,36)15-17(29)5-6-18-19-7-8-21(28(19,3)12-11-20(18)29)24(35)16-34-26-23(32-33-34)10-9-22(30)25(26)31;1-4-29-14-13-27(2,36)15-17(29)5-6-18-19-7-8-21(28(19,3)12-11-20(18)29)24(35)16-34-32-23-10-9-22(30)25(31)26(23)33-34;1-4-23-12-11-21(2,26)13-15(23)5-6-16-17-7-8-19(20(25)14-24)22(17,3)10-9-18(16)23;/h3*9-10,17-21,36H,4-8,11-16H2,1-3H3;15-19,26H,4-14H2,1-3H3;1H4/t3*17-,18-,19-,20-,21+,27+,28-,29-;15-,16-,17-,18-,19+,21+,22-,23-;/m0000./s1. The summed E-state index contributed by atoms with van der Waals surface area (Å²) in [6, 6.07) is 7.42. The zero-order valence-electron chi connectivity index (χ0n) is 82.2. The third-order valence-corrected chi connectivity index (χ3v) is 45.0. The summed E-state index contributed by atoms with van der Waals surface area (Å²) in [6.07, 6.45) is 44.3. The Morgan fingerprint density at radius 2 is 0.667 bits per heavy atom. The Balaban J connectivity index is 0.000000121. The summed E-state index contributed by atoms with van der Waals surface area (Å²) in [5.74, 6) is 5.63. The van der Waals surface area contributed by atoms with Gasteiger partial charge in [-0.05, 0) is 459 Å². The summed E-state index contributed by atoms with van der Waals surface area (Å²) >= 11 is 3.44. The molecule has 22 rings (SSSR count). The molecule has 16 aliphatic carbocycles. The molecule has 6 aromatic rings. The highest BCUT2D eigenvalue weighted by Gasteiger charge is 2.69. The minimum atomic E-state index is -1.01. The second-order valence-corrected chi connectivity index (χ2v) is 50.4. The minimum Gasteiger partial charge on any atom is -0.390 e. The highest BCUT2D eigenvalue weighted by atomic mass is 79.9. The van der Waals surface area contributed by atoms with Gasteiger partial charge in [-0.3, -0.25) is 19.2 Å². The largest absolute Gasteiger partial charge is 0.390 e. The van der Waals surface area contributed by atoms with Crippen molar-refractivity contribution in [1.29, 1.82) is 0 Å². The molecule has 0 radical (unpaired) electrons. The zero-order valence-corrected chi connectivity index (χ0v) is 83.8. The quantitative estimate of drug-likeness (QED) is 0.0552. The van der Waals surface area contributed by atoms with E-state index in [0.29, 0.717) is 115 Å². The van der Waals surface area contributed by atoms with Gasteiger partial charge in [0.25, 0.3) is 0 Å². The van der Waals surface area contributed by atoms with Gasteiger partial charge in [0.05, 0.1) is 33.3 Å². The van der Waals surface area contributed by atoms with Gasteiger partial charge < -0.3 is 20.4 Å². The molecule has 0 spiro atoms. The molecule has 0 bridgehead atoms. The molecular weight excluding hydrogens is 1780 g/mol. The number of Topliss-reactive ketones (excluding diaryl/α,β-unsaturated/α-hetero) is 4. The second-order valence-electron chi connectivity index (χ2n) is 49.9. The van der Waals surface area contributed by atoms with Crippen molar-refractivity contribution in [2.45, 2.75) is 389 Å². The average Bonchev–Trinajstić information content (AvgIpc) is 1.27. The van der Waals surface area contributed by atoms with Crippen LogP contribution in [0.3, 0.4) is 0 Å². The Labute approximate surface area is 806 Å². The Morgan fingerprint density at radius 3 is 1.03 bits per heavy atom. The molecule has 0 aliphatic heterocycles. The summed E-state index contributed by atoms with van der Waals surface area (Å²) in [4.78, 5) is 54.7. The van der Waals surface area contributed by atoms with Crippen LogP contribution in [0, 0.1) is 197 Å². The number of halogens is 7. The number of aliphatic hydroxyl groups is 4. The Hall–Kier alpha value is -5.56. The van der Waals surface area contributed by atoms with E-state index in [2.05, 4.69) is 109 Å². The number of fused-ring (bicyclic) bond motifs is 23. The summed E-state index contributed by atoms with van der Waals surface area (Å²) in [6.45, 7) is 27.0. The van der Waals surface area contributed by atoms with E-state index in [1.54, 1.807) is 0 Å². The fourth-order valence-electron chi connectivity index (χ4n) is 38.0. The van der Waals surface area contributed by atoms with Gasteiger partial charge >= 0.3 is 0 Å². The van der Waals surface area contributed by atoms with Gasteiger partial charge in [-0.25, -0.2) is 35.7 Å². The second kappa shape index (κ2) is 36.4. The third kappa shape index (κ3) is 16.4. The van der Waals surface area contributed by atoms with E-state index in [-0.39, 0.29) is 117 Å². The molecule has 16 saturated carbocycles. The Morgan fingerprint density at radius 1 is 0.348 bits per heavy atom. The molecule has 17 nitrogen and oxygen atoms in total. The average molecular weight is 1940 g/mol. The lowest BCUT2D eigenvalue weighted by atomic mass is 9.42. The molecular formula is C111H158BrF6N9O8. The molecule has 0 saturated heterocycles. The van der Waals surface area contributed by atoms with Crippen molar-refractivity contribution in [3.8, 4) is 0 Å². The van der Waals surface area contributed by atoms with Crippen molar-refractivity contribution >= 4 is 72.2 Å². The molecule has 135 heavy (non-hydrogen) atoms. The normalized spacial score (nSPS) is 44.0. The van der Waals surface area contributed by atoms with Crippen molar-refractivity contribution in [3.63, 3.8) is 0 Å². The van der Waals surface area contributed by atoms with E-state index in [0.717, 1.165) is 177 Å². The molecule has 3 aromatic heterocycles. The number of hydrogen-bond acceptors (Lipinski definition) is 14. The molecule has 16 fully saturated rings. The van der Waals surface area contributed by atoms with Gasteiger partial charge in [-0.2, -0.15) is 9.90 Å². The molecule has 0 amide bonds. The molecule has 744 valence electrons. The lowest BCUT2D eigenvalue weighted by Gasteiger charge is -2.63. The maximum absolute atomic E-state index is 14.5. The van der Waals surface area contributed by atoms with Crippen molar-refractivity contribution in [2.24, 2.45) is 162 Å². The molecule has 16 aliphatic rings. The smallest absolute Gasteiger partial charge is 0.188 e. The van der Waals surface area contributed by atoms with Crippen molar-refractivity contribution < 1.29 is 65.9 Å². The van der Waals surface area contributed by atoms with E-state index in [1.807, 2.05) is 20.8 Å². The van der Waals surface area contributed by atoms with E-state index in [9.17, 15) is 65.9 Å². The first-order chi connectivity index (χ1) is 63.5. The number of nitrogens with zero attached hydrogens (tertiary/aromatic N) is 9. The lowest BCUT2D eigenvalue weighted by molar-refractivity contribution is -0.158. The van der Waals surface area contributed by atoms with Gasteiger partial charge in [0.15, 0.2) is 63.3 Å². The van der Waals surface area contributed by atoms with Crippen molar-refractivity contribution in [2.75, 3.05) is 5.33 Å². The molecule has 32 atom stereocenters. The summed E-state index contributed by atoms with van der Waals surface area (Å²) in [7, 11) is 0.